The molecule has 4 heteroatoms. The standard InChI is InChI=1S/C17H22N2O2/c1-3-15(4-2)19(9-10-20)17-14(12-21)11-13-7-5-6-8-16(13)18-17/h5-8,11-12,15,20H,3-4,9-10H2,1-2H3. The SMILES string of the molecule is CCC(CC)N(CCO)c1nc2ccccc2cc1C=O. The lowest BCUT2D eigenvalue weighted by molar-refractivity contribution is 0.112. The first-order valence-corrected chi connectivity index (χ1v) is 7.47. The maximum absolute atomic E-state index is 11.4. The molecular formula is C17H22N2O2. The Bertz CT molecular complexity index is 609. The summed E-state index contributed by atoms with van der Waals surface area (Å²) in [5.41, 5.74) is 1.45. The number of benzene rings is 1. The molecule has 1 aromatic carbocycles. The number of hydrogen-bond donors (Lipinski definition) is 1. The van der Waals surface area contributed by atoms with Crippen molar-refractivity contribution in [1.82, 2.24) is 4.98 Å². The first-order valence-electron chi connectivity index (χ1n) is 7.47. The fourth-order valence-corrected chi connectivity index (χ4v) is 2.74. The Morgan fingerprint density at radius 1 is 1.29 bits per heavy atom. The minimum atomic E-state index is 0.0449. The van der Waals surface area contributed by atoms with Crippen LogP contribution in [0, 0.1) is 0 Å². The number of aliphatic hydroxyl groups excluding tert-OH is 1. The number of aromatic nitrogens is 1. The van der Waals surface area contributed by atoms with Crippen molar-refractivity contribution in [1.29, 1.82) is 0 Å². The first-order chi connectivity index (χ1) is 10.2. The molecule has 0 saturated heterocycles. The van der Waals surface area contributed by atoms with Crippen LogP contribution in [0.2, 0.25) is 0 Å². The van der Waals surface area contributed by atoms with Crippen molar-refractivity contribution in [2.75, 3.05) is 18.1 Å². The van der Waals surface area contributed by atoms with E-state index in [1.807, 2.05) is 30.3 Å². The molecule has 0 aliphatic rings. The van der Waals surface area contributed by atoms with Crippen molar-refractivity contribution < 1.29 is 9.90 Å². The predicted molar refractivity (Wildman–Crippen MR) is 85.9 cm³/mol. The minimum absolute atomic E-state index is 0.0449. The average molecular weight is 286 g/mol. The topological polar surface area (TPSA) is 53.4 Å². The van der Waals surface area contributed by atoms with Crippen LogP contribution in [0.3, 0.4) is 0 Å². The number of para-hydroxylation sites is 1. The number of aldehydes is 1. The zero-order valence-corrected chi connectivity index (χ0v) is 12.6. The molecule has 2 aromatic rings. The molecule has 112 valence electrons. The van der Waals surface area contributed by atoms with Gasteiger partial charge < -0.3 is 10.0 Å². The molecule has 0 aliphatic carbocycles. The van der Waals surface area contributed by atoms with Crippen molar-refractivity contribution in [3.63, 3.8) is 0 Å². The normalized spacial score (nSPS) is 11.0. The number of aliphatic hydroxyl groups is 1. The van der Waals surface area contributed by atoms with Gasteiger partial charge >= 0.3 is 0 Å². The van der Waals surface area contributed by atoms with Crippen LogP contribution < -0.4 is 4.90 Å². The Balaban J connectivity index is 2.56. The number of carbonyl (C=O) groups is 1. The van der Waals surface area contributed by atoms with Gasteiger partial charge in [-0.3, -0.25) is 4.79 Å². The molecule has 0 bridgehead atoms. The van der Waals surface area contributed by atoms with Gasteiger partial charge in [-0.1, -0.05) is 32.0 Å². The van der Waals surface area contributed by atoms with Crippen LogP contribution in [-0.4, -0.2) is 35.6 Å². The summed E-state index contributed by atoms with van der Waals surface area (Å²) in [5.74, 6) is 0.673. The second-order valence-electron chi connectivity index (χ2n) is 5.10. The highest BCUT2D eigenvalue weighted by atomic mass is 16.3. The number of fused-ring (bicyclic) bond motifs is 1. The number of hydrogen-bond acceptors (Lipinski definition) is 4. The summed E-state index contributed by atoms with van der Waals surface area (Å²) in [4.78, 5) is 18.2. The lowest BCUT2D eigenvalue weighted by atomic mass is 10.1. The highest BCUT2D eigenvalue weighted by molar-refractivity contribution is 5.91. The van der Waals surface area contributed by atoms with Gasteiger partial charge in [0.15, 0.2) is 6.29 Å². The lowest BCUT2D eigenvalue weighted by Crippen LogP contribution is -2.38. The highest BCUT2D eigenvalue weighted by Gasteiger charge is 2.20. The lowest BCUT2D eigenvalue weighted by Gasteiger charge is -2.32. The average Bonchev–Trinajstić information content (AvgIpc) is 2.53. The molecule has 21 heavy (non-hydrogen) atoms. The van der Waals surface area contributed by atoms with E-state index >= 15 is 0 Å². The van der Waals surface area contributed by atoms with Crippen LogP contribution in [-0.2, 0) is 0 Å². The minimum Gasteiger partial charge on any atom is -0.395 e. The smallest absolute Gasteiger partial charge is 0.153 e. The number of pyridine rings is 1. The summed E-state index contributed by atoms with van der Waals surface area (Å²) in [6.45, 7) is 4.75. The highest BCUT2D eigenvalue weighted by Crippen LogP contribution is 2.25. The van der Waals surface area contributed by atoms with Crippen LogP contribution >= 0.6 is 0 Å². The van der Waals surface area contributed by atoms with E-state index in [4.69, 9.17) is 0 Å². The van der Waals surface area contributed by atoms with E-state index in [2.05, 4.69) is 23.7 Å². The Morgan fingerprint density at radius 3 is 2.62 bits per heavy atom. The molecule has 1 aromatic heterocycles. The van der Waals surface area contributed by atoms with Crippen molar-refractivity contribution in [2.24, 2.45) is 0 Å². The van der Waals surface area contributed by atoms with Gasteiger partial charge in [0, 0.05) is 18.0 Å². The number of rotatable bonds is 7. The van der Waals surface area contributed by atoms with Gasteiger partial charge in [0.05, 0.1) is 17.7 Å². The van der Waals surface area contributed by atoms with Crippen molar-refractivity contribution in [3.05, 3.63) is 35.9 Å². The van der Waals surface area contributed by atoms with Gasteiger partial charge in [-0.15, -0.1) is 0 Å². The van der Waals surface area contributed by atoms with Gasteiger partial charge in [0.25, 0.3) is 0 Å². The third kappa shape index (κ3) is 3.22. The van der Waals surface area contributed by atoms with E-state index in [9.17, 15) is 9.90 Å². The van der Waals surface area contributed by atoms with E-state index in [0.29, 0.717) is 17.9 Å². The Morgan fingerprint density at radius 2 is 2.00 bits per heavy atom. The molecular weight excluding hydrogens is 264 g/mol. The molecule has 0 fully saturated rings. The van der Waals surface area contributed by atoms with Gasteiger partial charge in [0.2, 0.25) is 0 Å². The van der Waals surface area contributed by atoms with Crippen LogP contribution in [0.1, 0.15) is 37.0 Å². The number of nitrogens with zero attached hydrogens (tertiary/aromatic N) is 2. The van der Waals surface area contributed by atoms with Crippen LogP contribution in [0.5, 0.6) is 0 Å². The molecule has 0 aliphatic heterocycles. The van der Waals surface area contributed by atoms with Gasteiger partial charge in [-0.25, -0.2) is 4.98 Å². The van der Waals surface area contributed by atoms with Gasteiger partial charge in [-0.05, 0) is 25.0 Å². The molecule has 1 heterocycles. The maximum Gasteiger partial charge on any atom is 0.153 e. The zero-order valence-electron chi connectivity index (χ0n) is 12.6. The number of carbonyl (C=O) groups excluding carboxylic acids is 1. The molecule has 0 saturated carbocycles. The van der Waals surface area contributed by atoms with E-state index < -0.39 is 0 Å². The Kier molecular flexibility index (Phi) is 5.28. The van der Waals surface area contributed by atoms with Gasteiger partial charge in [-0.2, -0.15) is 0 Å². The van der Waals surface area contributed by atoms with E-state index in [1.54, 1.807) is 0 Å². The van der Waals surface area contributed by atoms with Crippen LogP contribution in [0.15, 0.2) is 30.3 Å². The second-order valence-corrected chi connectivity index (χ2v) is 5.10. The summed E-state index contributed by atoms with van der Waals surface area (Å²) >= 11 is 0. The van der Waals surface area contributed by atoms with Gasteiger partial charge in [0.1, 0.15) is 5.82 Å². The van der Waals surface area contributed by atoms with E-state index in [0.717, 1.165) is 30.0 Å². The first kappa shape index (κ1) is 15.4. The van der Waals surface area contributed by atoms with Crippen molar-refractivity contribution >= 4 is 23.0 Å². The summed E-state index contributed by atoms with van der Waals surface area (Å²) in [7, 11) is 0. The molecule has 1 N–H and O–H groups in total. The summed E-state index contributed by atoms with van der Waals surface area (Å²) in [6.07, 6.45) is 2.74. The van der Waals surface area contributed by atoms with Crippen molar-refractivity contribution in [3.8, 4) is 0 Å². The van der Waals surface area contributed by atoms with Crippen LogP contribution in [0.4, 0.5) is 5.82 Å². The second kappa shape index (κ2) is 7.18. The molecule has 2 rings (SSSR count). The quantitative estimate of drug-likeness (QED) is 0.795. The van der Waals surface area contributed by atoms with E-state index in [1.165, 1.54) is 0 Å². The maximum atomic E-state index is 11.4. The summed E-state index contributed by atoms with van der Waals surface area (Å²) in [6, 6.07) is 9.91. The summed E-state index contributed by atoms with van der Waals surface area (Å²) in [5, 5.41) is 10.3. The van der Waals surface area contributed by atoms with Crippen molar-refractivity contribution in [2.45, 2.75) is 32.7 Å². The molecule has 4 nitrogen and oxygen atoms in total. The molecule has 0 atom stereocenters. The zero-order chi connectivity index (χ0) is 15.2. The predicted octanol–water partition coefficient (Wildman–Crippen LogP) is 3.03. The monoisotopic (exact) mass is 286 g/mol. The molecule has 0 amide bonds. The van der Waals surface area contributed by atoms with E-state index in [-0.39, 0.29) is 12.6 Å². The summed E-state index contributed by atoms with van der Waals surface area (Å²) < 4.78 is 0. The fourth-order valence-electron chi connectivity index (χ4n) is 2.74. The van der Waals surface area contributed by atoms with Crippen LogP contribution in [0.25, 0.3) is 10.9 Å². The number of anilines is 1. The third-order valence-corrected chi connectivity index (χ3v) is 3.86. The molecule has 0 unspecified atom stereocenters. The largest absolute Gasteiger partial charge is 0.395 e. The Hall–Kier alpha value is -1.94. The molecule has 0 radical (unpaired) electrons. The third-order valence-electron chi connectivity index (χ3n) is 3.86. The fraction of sp³-hybridized carbons (Fsp3) is 0.412. The molecule has 0 spiro atoms. The Labute approximate surface area is 125 Å².